The second-order valence-electron chi connectivity index (χ2n) is 5.49. The van der Waals surface area contributed by atoms with Gasteiger partial charge in [-0.1, -0.05) is 18.6 Å². The first-order chi connectivity index (χ1) is 10.1. The highest BCUT2D eigenvalue weighted by molar-refractivity contribution is 7.89. The fourth-order valence-corrected chi connectivity index (χ4v) is 3.63. The van der Waals surface area contributed by atoms with Crippen molar-refractivity contribution in [3.63, 3.8) is 0 Å². The number of rotatable bonds is 7. The lowest BCUT2D eigenvalue weighted by Gasteiger charge is -2.26. The summed E-state index contributed by atoms with van der Waals surface area (Å²) in [5, 5.41) is 4.91. The number of sulfonamides is 1. The van der Waals surface area contributed by atoms with Crippen LogP contribution in [0.2, 0.25) is 0 Å². The van der Waals surface area contributed by atoms with Crippen LogP contribution in [-0.4, -0.2) is 40.1 Å². The third-order valence-electron chi connectivity index (χ3n) is 3.73. The number of hydrazine groups is 1. The van der Waals surface area contributed by atoms with Crippen molar-refractivity contribution in [3.05, 3.63) is 29.8 Å². The molecule has 0 saturated carbocycles. The topological polar surface area (TPSA) is 61.4 Å². The van der Waals surface area contributed by atoms with E-state index in [-0.39, 0.29) is 0 Å². The summed E-state index contributed by atoms with van der Waals surface area (Å²) in [5.74, 6) is 0. The van der Waals surface area contributed by atoms with E-state index in [1.807, 2.05) is 19.2 Å². The Kier molecular flexibility index (Phi) is 6.17. The lowest BCUT2D eigenvalue weighted by Crippen LogP contribution is -2.44. The molecule has 1 fully saturated rings. The molecule has 0 amide bonds. The minimum atomic E-state index is -3.44. The van der Waals surface area contributed by atoms with Crippen LogP contribution in [0, 0.1) is 0 Å². The summed E-state index contributed by atoms with van der Waals surface area (Å²) in [6.45, 7) is 2.55. The van der Waals surface area contributed by atoms with Gasteiger partial charge in [-0.3, -0.25) is 0 Å². The summed E-state index contributed by atoms with van der Waals surface area (Å²) in [5.41, 5.74) is 1.17. The summed E-state index contributed by atoms with van der Waals surface area (Å²) in [7, 11) is -1.51. The Labute approximate surface area is 127 Å². The molecule has 5 nitrogen and oxygen atoms in total. The zero-order chi connectivity index (χ0) is 15.1. The molecule has 0 bridgehead atoms. The Balaban J connectivity index is 1.95. The lowest BCUT2D eigenvalue weighted by molar-refractivity contribution is 0.200. The molecule has 6 heteroatoms. The molecule has 0 unspecified atom stereocenters. The SMILES string of the molecule is CNCCCc1ccc(S(=O)(=O)NN2CCCCC2)cc1. The van der Waals surface area contributed by atoms with Gasteiger partial charge in [0, 0.05) is 13.1 Å². The van der Waals surface area contributed by atoms with Crippen LogP contribution in [0.4, 0.5) is 0 Å². The van der Waals surface area contributed by atoms with E-state index in [1.54, 1.807) is 17.1 Å². The van der Waals surface area contributed by atoms with E-state index in [0.717, 1.165) is 45.3 Å². The third kappa shape index (κ3) is 5.07. The summed E-state index contributed by atoms with van der Waals surface area (Å²) in [6, 6.07) is 7.20. The van der Waals surface area contributed by atoms with Gasteiger partial charge < -0.3 is 5.32 Å². The van der Waals surface area contributed by atoms with Crippen LogP contribution in [0.1, 0.15) is 31.2 Å². The second kappa shape index (κ2) is 7.89. The predicted molar refractivity (Wildman–Crippen MR) is 84.4 cm³/mol. The quantitative estimate of drug-likeness (QED) is 0.750. The molecule has 1 heterocycles. The van der Waals surface area contributed by atoms with Gasteiger partial charge in [-0.05, 0) is 57.0 Å². The maximum absolute atomic E-state index is 12.3. The number of benzene rings is 1. The first kappa shape index (κ1) is 16.4. The van der Waals surface area contributed by atoms with E-state index in [4.69, 9.17) is 0 Å². The van der Waals surface area contributed by atoms with E-state index in [2.05, 4.69) is 10.1 Å². The van der Waals surface area contributed by atoms with E-state index in [9.17, 15) is 8.42 Å². The fraction of sp³-hybridized carbons (Fsp3) is 0.600. The maximum atomic E-state index is 12.3. The highest BCUT2D eigenvalue weighted by Crippen LogP contribution is 2.14. The number of hydrogen-bond acceptors (Lipinski definition) is 4. The van der Waals surface area contributed by atoms with E-state index in [0.29, 0.717) is 4.90 Å². The molecule has 0 aliphatic carbocycles. The third-order valence-corrected chi connectivity index (χ3v) is 5.12. The first-order valence-corrected chi connectivity index (χ1v) is 9.11. The zero-order valence-corrected chi connectivity index (χ0v) is 13.5. The highest BCUT2D eigenvalue weighted by atomic mass is 32.2. The first-order valence-electron chi connectivity index (χ1n) is 7.63. The van der Waals surface area contributed by atoms with Crippen LogP contribution in [-0.2, 0) is 16.4 Å². The average Bonchev–Trinajstić information content (AvgIpc) is 2.49. The summed E-state index contributed by atoms with van der Waals surface area (Å²) >= 11 is 0. The van der Waals surface area contributed by atoms with Crippen molar-refractivity contribution >= 4 is 10.0 Å². The highest BCUT2D eigenvalue weighted by Gasteiger charge is 2.19. The van der Waals surface area contributed by atoms with Crippen molar-refractivity contribution in [1.82, 2.24) is 15.2 Å². The van der Waals surface area contributed by atoms with E-state index in [1.165, 1.54) is 12.0 Å². The van der Waals surface area contributed by atoms with Crippen LogP contribution in [0.15, 0.2) is 29.2 Å². The van der Waals surface area contributed by atoms with Crippen LogP contribution >= 0.6 is 0 Å². The minimum Gasteiger partial charge on any atom is -0.320 e. The molecular formula is C15H25N3O2S. The molecule has 1 aliphatic rings. The molecule has 21 heavy (non-hydrogen) atoms. The summed E-state index contributed by atoms with van der Waals surface area (Å²) in [6.07, 6.45) is 5.29. The Hall–Kier alpha value is -0.950. The Morgan fingerprint density at radius 1 is 1.10 bits per heavy atom. The molecular weight excluding hydrogens is 286 g/mol. The number of aryl methyl sites for hydroxylation is 1. The van der Waals surface area contributed by atoms with Crippen molar-refractivity contribution in [3.8, 4) is 0 Å². The standard InChI is InChI=1S/C15H25N3O2S/c1-16-11-5-6-14-7-9-15(10-8-14)21(19,20)17-18-12-3-2-4-13-18/h7-10,16-17H,2-6,11-13H2,1H3. The molecule has 0 radical (unpaired) electrons. The van der Waals surface area contributed by atoms with Crippen LogP contribution < -0.4 is 10.1 Å². The van der Waals surface area contributed by atoms with E-state index < -0.39 is 10.0 Å². The predicted octanol–water partition coefficient (Wildman–Crippen LogP) is 1.52. The summed E-state index contributed by atoms with van der Waals surface area (Å²) < 4.78 is 24.6. The molecule has 0 atom stereocenters. The molecule has 0 spiro atoms. The molecule has 2 N–H and O–H groups in total. The van der Waals surface area contributed by atoms with Crippen LogP contribution in [0.5, 0.6) is 0 Å². The lowest BCUT2D eigenvalue weighted by atomic mass is 10.1. The molecule has 1 aliphatic heterocycles. The second-order valence-corrected chi connectivity index (χ2v) is 7.15. The molecule has 118 valence electrons. The van der Waals surface area contributed by atoms with Gasteiger partial charge >= 0.3 is 0 Å². The number of nitrogens with zero attached hydrogens (tertiary/aromatic N) is 1. The summed E-state index contributed by atoms with van der Waals surface area (Å²) in [4.78, 5) is 3.02. The van der Waals surface area contributed by atoms with Gasteiger partial charge in [0.15, 0.2) is 0 Å². The van der Waals surface area contributed by atoms with Gasteiger partial charge in [-0.25, -0.2) is 13.4 Å². The normalized spacial score (nSPS) is 17.0. The number of nitrogens with one attached hydrogen (secondary N) is 2. The largest absolute Gasteiger partial charge is 0.320 e. The van der Waals surface area contributed by atoms with Gasteiger partial charge in [0.25, 0.3) is 10.0 Å². The van der Waals surface area contributed by atoms with Crippen LogP contribution in [0.3, 0.4) is 0 Å². The minimum absolute atomic E-state index is 0.338. The Morgan fingerprint density at radius 3 is 2.38 bits per heavy atom. The fourth-order valence-electron chi connectivity index (χ4n) is 2.51. The van der Waals surface area contributed by atoms with Crippen LogP contribution in [0.25, 0.3) is 0 Å². The van der Waals surface area contributed by atoms with Gasteiger partial charge in [-0.2, -0.15) is 0 Å². The van der Waals surface area contributed by atoms with Crippen molar-refractivity contribution < 1.29 is 8.42 Å². The molecule has 0 aromatic heterocycles. The van der Waals surface area contributed by atoms with Crippen molar-refractivity contribution in [2.45, 2.75) is 37.0 Å². The van der Waals surface area contributed by atoms with Gasteiger partial charge in [0.2, 0.25) is 0 Å². The Bertz CT molecular complexity index is 522. The number of hydrogen-bond donors (Lipinski definition) is 2. The van der Waals surface area contributed by atoms with Crippen molar-refractivity contribution in [2.24, 2.45) is 0 Å². The monoisotopic (exact) mass is 311 g/mol. The molecule has 1 saturated heterocycles. The molecule has 1 aromatic carbocycles. The number of piperidine rings is 1. The molecule has 2 rings (SSSR count). The smallest absolute Gasteiger partial charge is 0.253 e. The van der Waals surface area contributed by atoms with E-state index >= 15 is 0 Å². The zero-order valence-electron chi connectivity index (χ0n) is 12.6. The van der Waals surface area contributed by atoms with Gasteiger partial charge in [-0.15, -0.1) is 4.83 Å². The average molecular weight is 311 g/mol. The maximum Gasteiger partial charge on any atom is 0.253 e. The molecule has 1 aromatic rings. The van der Waals surface area contributed by atoms with Crippen molar-refractivity contribution in [2.75, 3.05) is 26.7 Å². The van der Waals surface area contributed by atoms with Crippen molar-refractivity contribution in [1.29, 1.82) is 0 Å². The van der Waals surface area contributed by atoms with Gasteiger partial charge in [0.05, 0.1) is 4.90 Å². The Morgan fingerprint density at radius 2 is 1.76 bits per heavy atom. The van der Waals surface area contributed by atoms with Gasteiger partial charge in [0.1, 0.15) is 0 Å².